The second-order valence-electron chi connectivity index (χ2n) is 7.94. The molecule has 0 N–H and O–H groups in total. The van der Waals surface area contributed by atoms with Gasteiger partial charge in [0.1, 0.15) is 0 Å². The fourth-order valence-electron chi connectivity index (χ4n) is 4.33. The van der Waals surface area contributed by atoms with E-state index in [2.05, 4.69) is 43.3 Å². The summed E-state index contributed by atoms with van der Waals surface area (Å²) < 4.78 is 5.33. The lowest BCUT2D eigenvalue weighted by molar-refractivity contribution is 0.188. The molecular formula is C20H27N5S. The molecule has 138 valence electrons. The summed E-state index contributed by atoms with van der Waals surface area (Å²) in [5.74, 6) is 1.12. The average Bonchev–Trinajstić information content (AvgIpc) is 3.47. The maximum atomic E-state index is 5.85. The molecule has 0 unspecified atom stereocenters. The monoisotopic (exact) mass is 369 g/mol. The van der Waals surface area contributed by atoms with Crippen molar-refractivity contribution in [3.05, 3.63) is 40.2 Å². The molecule has 3 aliphatic rings. The molecule has 26 heavy (non-hydrogen) atoms. The molecule has 1 aromatic carbocycles. The highest BCUT2D eigenvalue weighted by Gasteiger charge is 2.31. The molecule has 1 saturated carbocycles. The quantitative estimate of drug-likeness (QED) is 0.768. The van der Waals surface area contributed by atoms with E-state index in [-0.39, 0.29) is 0 Å². The Labute approximate surface area is 160 Å². The van der Waals surface area contributed by atoms with Crippen molar-refractivity contribution in [1.29, 1.82) is 0 Å². The van der Waals surface area contributed by atoms with Crippen LogP contribution in [0, 0.1) is 4.77 Å². The van der Waals surface area contributed by atoms with Crippen LogP contribution in [0.5, 0.6) is 0 Å². The first-order valence-corrected chi connectivity index (χ1v) is 10.4. The van der Waals surface area contributed by atoms with Gasteiger partial charge in [-0.3, -0.25) is 9.47 Å². The van der Waals surface area contributed by atoms with Gasteiger partial charge >= 0.3 is 0 Å². The summed E-state index contributed by atoms with van der Waals surface area (Å²) in [6.07, 6.45) is 7.50. The zero-order valence-electron chi connectivity index (χ0n) is 15.3. The molecule has 1 aromatic heterocycles. The topological polar surface area (TPSA) is 29.2 Å². The lowest BCUT2D eigenvalue weighted by Gasteiger charge is -2.28. The zero-order valence-corrected chi connectivity index (χ0v) is 16.1. The molecule has 0 radical (unpaired) electrons. The van der Waals surface area contributed by atoms with E-state index in [4.69, 9.17) is 17.3 Å². The Morgan fingerprint density at radius 2 is 1.77 bits per heavy atom. The summed E-state index contributed by atoms with van der Waals surface area (Å²) in [4.78, 5) is 4.93. The van der Waals surface area contributed by atoms with Crippen molar-refractivity contribution in [3.63, 3.8) is 0 Å². The Morgan fingerprint density at radius 3 is 2.54 bits per heavy atom. The van der Waals surface area contributed by atoms with Gasteiger partial charge in [0.25, 0.3) is 0 Å². The maximum Gasteiger partial charge on any atom is 0.226 e. The molecule has 1 saturated heterocycles. The predicted molar refractivity (Wildman–Crippen MR) is 106 cm³/mol. The summed E-state index contributed by atoms with van der Waals surface area (Å²) in [5, 5.41) is 5.00. The van der Waals surface area contributed by atoms with Crippen molar-refractivity contribution in [3.8, 4) is 0 Å². The lowest BCUT2D eigenvalue weighted by atomic mass is 10.0. The lowest BCUT2D eigenvalue weighted by Crippen LogP contribution is -2.33. The molecule has 3 heterocycles. The number of hydrogen-bond donors (Lipinski definition) is 0. The van der Waals surface area contributed by atoms with Crippen molar-refractivity contribution in [2.75, 3.05) is 24.5 Å². The second-order valence-corrected chi connectivity index (χ2v) is 8.31. The van der Waals surface area contributed by atoms with Crippen LogP contribution in [0.4, 0.5) is 5.95 Å². The summed E-state index contributed by atoms with van der Waals surface area (Å²) in [7, 11) is 0. The second kappa shape index (κ2) is 6.82. The number of fused-ring (bicyclic) bond motifs is 1. The molecule has 0 atom stereocenters. The van der Waals surface area contributed by atoms with Gasteiger partial charge in [0.05, 0.1) is 6.67 Å². The van der Waals surface area contributed by atoms with E-state index in [0.29, 0.717) is 6.04 Å². The molecule has 2 aromatic rings. The number of piperidine rings is 1. The molecule has 1 aliphatic carbocycles. The average molecular weight is 370 g/mol. The molecule has 5 nitrogen and oxygen atoms in total. The Morgan fingerprint density at radius 1 is 1.00 bits per heavy atom. The number of nitrogens with zero attached hydrogens (tertiary/aromatic N) is 5. The SMILES string of the molecule is S=c1n(CN2CCc3ccccc3C2)nc(N2CCCCC2)n1C1CC1. The zero-order chi connectivity index (χ0) is 17.5. The number of anilines is 1. The fourth-order valence-corrected chi connectivity index (χ4v) is 4.66. The molecule has 0 amide bonds. The van der Waals surface area contributed by atoms with Gasteiger partial charge in [0.15, 0.2) is 0 Å². The van der Waals surface area contributed by atoms with Crippen molar-refractivity contribution < 1.29 is 0 Å². The van der Waals surface area contributed by atoms with Crippen LogP contribution in [0.1, 0.15) is 49.3 Å². The van der Waals surface area contributed by atoms with Crippen LogP contribution in [0.3, 0.4) is 0 Å². The van der Waals surface area contributed by atoms with Gasteiger partial charge in [-0.2, -0.15) is 0 Å². The first-order valence-electron chi connectivity index (χ1n) is 10.0. The first-order chi connectivity index (χ1) is 12.8. The Balaban J connectivity index is 1.40. The largest absolute Gasteiger partial charge is 0.341 e. The highest BCUT2D eigenvalue weighted by molar-refractivity contribution is 7.71. The third-order valence-electron chi connectivity index (χ3n) is 5.95. The summed E-state index contributed by atoms with van der Waals surface area (Å²) in [5.41, 5.74) is 2.94. The maximum absolute atomic E-state index is 5.85. The Kier molecular flexibility index (Phi) is 4.33. The number of hydrogen-bond acceptors (Lipinski definition) is 4. The molecule has 2 aliphatic heterocycles. The van der Waals surface area contributed by atoms with Crippen LogP contribution < -0.4 is 4.90 Å². The third kappa shape index (κ3) is 3.09. The molecule has 0 spiro atoms. The van der Waals surface area contributed by atoms with Crippen LogP contribution in [0.15, 0.2) is 24.3 Å². The number of benzene rings is 1. The van der Waals surface area contributed by atoms with Crippen LogP contribution in [0.2, 0.25) is 0 Å². The van der Waals surface area contributed by atoms with Gasteiger partial charge in [-0.15, -0.1) is 5.10 Å². The van der Waals surface area contributed by atoms with E-state index in [0.717, 1.165) is 50.0 Å². The minimum atomic E-state index is 0.579. The van der Waals surface area contributed by atoms with Crippen LogP contribution in [-0.2, 0) is 19.6 Å². The molecule has 0 bridgehead atoms. The van der Waals surface area contributed by atoms with Crippen molar-refractivity contribution in [2.45, 2.75) is 57.8 Å². The minimum Gasteiger partial charge on any atom is -0.341 e. The summed E-state index contributed by atoms with van der Waals surface area (Å²) >= 11 is 5.85. The highest BCUT2D eigenvalue weighted by Crippen LogP contribution is 2.38. The van der Waals surface area contributed by atoms with Crippen LogP contribution >= 0.6 is 12.2 Å². The van der Waals surface area contributed by atoms with Gasteiger partial charge in [-0.05, 0) is 61.9 Å². The first kappa shape index (κ1) is 16.5. The summed E-state index contributed by atoms with van der Waals surface area (Å²) in [6.45, 7) is 5.11. The molecular weight excluding hydrogens is 342 g/mol. The van der Waals surface area contributed by atoms with E-state index < -0.39 is 0 Å². The molecule has 6 heteroatoms. The summed E-state index contributed by atoms with van der Waals surface area (Å²) in [6, 6.07) is 9.38. The van der Waals surface area contributed by atoms with Crippen molar-refractivity contribution in [1.82, 2.24) is 19.2 Å². The predicted octanol–water partition coefficient (Wildman–Crippen LogP) is 3.76. The Bertz CT molecular complexity index is 844. The standard InChI is InChI=1S/C20H27N5S/c26-20-24(15-22-13-10-16-6-2-3-7-17(16)14-22)21-19(25(20)18-8-9-18)23-11-4-1-5-12-23/h2-3,6-7,18H,1,4-5,8-15H2. The van der Waals surface area contributed by atoms with Gasteiger partial charge in [0, 0.05) is 32.2 Å². The third-order valence-corrected chi connectivity index (χ3v) is 6.35. The van der Waals surface area contributed by atoms with E-state index >= 15 is 0 Å². The minimum absolute atomic E-state index is 0.579. The van der Waals surface area contributed by atoms with E-state index in [1.54, 1.807) is 0 Å². The fraction of sp³-hybridized carbons (Fsp3) is 0.600. The Hall–Kier alpha value is -1.66. The van der Waals surface area contributed by atoms with Gasteiger partial charge < -0.3 is 4.90 Å². The van der Waals surface area contributed by atoms with Crippen LogP contribution in [0.25, 0.3) is 0 Å². The highest BCUT2D eigenvalue weighted by atomic mass is 32.1. The van der Waals surface area contributed by atoms with E-state index in [1.165, 1.54) is 43.2 Å². The van der Waals surface area contributed by atoms with Crippen molar-refractivity contribution >= 4 is 18.2 Å². The van der Waals surface area contributed by atoms with Crippen molar-refractivity contribution in [2.24, 2.45) is 0 Å². The van der Waals surface area contributed by atoms with Gasteiger partial charge in [0.2, 0.25) is 10.7 Å². The normalized spacial score (nSPS) is 21.0. The van der Waals surface area contributed by atoms with Gasteiger partial charge in [-0.25, -0.2) is 4.68 Å². The number of rotatable bonds is 4. The van der Waals surface area contributed by atoms with Crippen LogP contribution in [-0.4, -0.2) is 38.9 Å². The molecule has 5 rings (SSSR count). The van der Waals surface area contributed by atoms with E-state index in [9.17, 15) is 0 Å². The van der Waals surface area contributed by atoms with Gasteiger partial charge in [-0.1, -0.05) is 24.3 Å². The number of aromatic nitrogens is 3. The van der Waals surface area contributed by atoms with E-state index in [1.807, 2.05) is 0 Å². The smallest absolute Gasteiger partial charge is 0.226 e. The molecule has 2 fully saturated rings.